The number of H-pyrrole nitrogens is 1. The summed E-state index contributed by atoms with van der Waals surface area (Å²) in [6, 6.07) is -0.142. The number of hydrogen-bond donors (Lipinski definition) is 2. The standard InChI is InChI=1S/C16H22N6O2/c1-10-12(9-19-20-10)16(24)18-8-11-4-5-13(23)22(3)14(11)15-17-6-7-21(15)2/h6-7,9,11,14H,4-5,8H2,1-3H3,(H,18,24)(H,19,20)/t11-,14+/m1/s1. The molecule has 3 heterocycles. The predicted molar refractivity (Wildman–Crippen MR) is 87.1 cm³/mol. The molecule has 2 N–H and O–H groups in total. The summed E-state index contributed by atoms with van der Waals surface area (Å²) in [7, 11) is 3.72. The number of rotatable bonds is 4. The molecule has 24 heavy (non-hydrogen) atoms. The van der Waals surface area contributed by atoms with Gasteiger partial charge in [-0.1, -0.05) is 0 Å². The maximum absolute atomic E-state index is 12.3. The molecule has 2 amide bonds. The van der Waals surface area contributed by atoms with Crippen molar-refractivity contribution in [2.45, 2.75) is 25.8 Å². The van der Waals surface area contributed by atoms with Gasteiger partial charge in [0.2, 0.25) is 5.91 Å². The lowest BCUT2D eigenvalue weighted by Crippen LogP contribution is -2.45. The van der Waals surface area contributed by atoms with Gasteiger partial charge in [-0.05, 0) is 13.3 Å². The summed E-state index contributed by atoms with van der Waals surface area (Å²) in [6.07, 6.45) is 6.34. The van der Waals surface area contributed by atoms with E-state index in [0.29, 0.717) is 18.5 Å². The number of aromatic amines is 1. The number of aryl methyl sites for hydroxylation is 2. The summed E-state index contributed by atoms with van der Waals surface area (Å²) >= 11 is 0. The molecule has 128 valence electrons. The van der Waals surface area contributed by atoms with Crippen LogP contribution in [0.3, 0.4) is 0 Å². The Labute approximate surface area is 140 Å². The molecule has 0 bridgehead atoms. The molecule has 2 aromatic rings. The molecule has 1 fully saturated rings. The zero-order valence-corrected chi connectivity index (χ0v) is 14.1. The molecular weight excluding hydrogens is 308 g/mol. The van der Waals surface area contributed by atoms with E-state index in [4.69, 9.17) is 0 Å². The van der Waals surface area contributed by atoms with Crippen LogP contribution in [0.25, 0.3) is 0 Å². The van der Waals surface area contributed by atoms with Crippen LogP contribution in [-0.4, -0.2) is 50.1 Å². The van der Waals surface area contributed by atoms with Gasteiger partial charge in [-0.2, -0.15) is 5.10 Å². The fraction of sp³-hybridized carbons (Fsp3) is 0.500. The van der Waals surface area contributed by atoms with Crippen LogP contribution >= 0.6 is 0 Å². The molecule has 0 saturated carbocycles. The van der Waals surface area contributed by atoms with E-state index in [1.165, 1.54) is 6.20 Å². The van der Waals surface area contributed by atoms with Gasteiger partial charge in [0.15, 0.2) is 0 Å². The Kier molecular flexibility index (Phi) is 4.37. The summed E-state index contributed by atoms with van der Waals surface area (Å²) in [5.41, 5.74) is 1.29. The van der Waals surface area contributed by atoms with Crippen molar-refractivity contribution in [1.29, 1.82) is 0 Å². The molecule has 1 saturated heterocycles. The van der Waals surface area contributed by atoms with Crippen LogP contribution < -0.4 is 5.32 Å². The fourth-order valence-corrected chi connectivity index (χ4v) is 3.27. The van der Waals surface area contributed by atoms with Crippen LogP contribution in [-0.2, 0) is 11.8 Å². The van der Waals surface area contributed by atoms with Crippen LogP contribution in [0, 0.1) is 12.8 Å². The second-order valence-electron chi connectivity index (χ2n) is 6.26. The number of nitrogens with one attached hydrogen (secondary N) is 2. The minimum atomic E-state index is -0.153. The first-order chi connectivity index (χ1) is 11.5. The predicted octanol–water partition coefficient (Wildman–Crippen LogP) is 0.791. The Balaban J connectivity index is 1.75. The highest BCUT2D eigenvalue weighted by molar-refractivity contribution is 5.94. The van der Waals surface area contributed by atoms with Crippen molar-refractivity contribution in [2.24, 2.45) is 13.0 Å². The Morgan fingerprint density at radius 2 is 2.25 bits per heavy atom. The first-order valence-corrected chi connectivity index (χ1v) is 8.00. The molecule has 2 aromatic heterocycles. The Bertz CT molecular complexity index is 749. The highest BCUT2D eigenvalue weighted by Gasteiger charge is 2.37. The van der Waals surface area contributed by atoms with Crippen molar-refractivity contribution in [3.8, 4) is 0 Å². The van der Waals surface area contributed by atoms with Crippen LogP contribution in [0.2, 0.25) is 0 Å². The first-order valence-electron chi connectivity index (χ1n) is 8.00. The topological polar surface area (TPSA) is 95.9 Å². The first kappa shape index (κ1) is 16.2. The minimum Gasteiger partial charge on any atom is -0.352 e. The Morgan fingerprint density at radius 1 is 1.46 bits per heavy atom. The molecule has 0 aromatic carbocycles. The van der Waals surface area contributed by atoms with Gasteiger partial charge in [0.1, 0.15) is 5.82 Å². The van der Waals surface area contributed by atoms with Crippen molar-refractivity contribution in [2.75, 3.05) is 13.6 Å². The van der Waals surface area contributed by atoms with Gasteiger partial charge in [0.05, 0.1) is 17.8 Å². The van der Waals surface area contributed by atoms with Crippen LogP contribution in [0.4, 0.5) is 0 Å². The molecule has 8 nitrogen and oxygen atoms in total. The lowest BCUT2D eigenvalue weighted by Gasteiger charge is -2.38. The van der Waals surface area contributed by atoms with Gasteiger partial charge < -0.3 is 14.8 Å². The number of amides is 2. The van der Waals surface area contributed by atoms with Crippen molar-refractivity contribution in [3.63, 3.8) is 0 Å². The largest absolute Gasteiger partial charge is 0.352 e. The van der Waals surface area contributed by atoms with Gasteiger partial charge in [-0.3, -0.25) is 14.7 Å². The average molecular weight is 330 g/mol. The number of carbonyl (C=O) groups is 2. The second kappa shape index (κ2) is 6.46. The smallest absolute Gasteiger partial charge is 0.254 e. The van der Waals surface area contributed by atoms with Gasteiger partial charge in [0.25, 0.3) is 5.91 Å². The van der Waals surface area contributed by atoms with E-state index in [1.807, 2.05) is 24.7 Å². The van der Waals surface area contributed by atoms with Gasteiger partial charge in [0, 0.05) is 51.1 Å². The van der Waals surface area contributed by atoms with Crippen LogP contribution in [0.1, 0.15) is 40.8 Å². The summed E-state index contributed by atoms with van der Waals surface area (Å²) in [5, 5.41) is 9.61. The molecular formula is C16H22N6O2. The average Bonchev–Trinajstić information content (AvgIpc) is 3.17. The third-order valence-corrected chi connectivity index (χ3v) is 4.71. The molecule has 1 aliphatic rings. The third kappa shape index (κ3) is 2.91. The van der Waals surface area contributed by atoms with E-state index >= 15 is 0 Å². The van der Waals surface area contributed by atoms with Crippen molar-refractivity contribution in [3.05, 3.63) is 35.7 Å². The molecule has 0 radical (unpaired) electrons. The monoisotopic (exact) mass is 330 g/mol. The summed E-state index contributed by atoms with van der Waals surface area (Å²) < 4.78 is 1.93. The molecule has 0 spiro atoms. The van der Waals surface area contributed by atoms with E-state index in [-0.39, 0.29) is 23.8 Å². The molecule has 0 unspecified atom stereocenters. The number of hydrogen-bond acceptors (Lipinski definition) is 4. The normalized spacial score (nSPS) is 21.1. The Morgan fingerprint density at radius 3 is 2.88 bits per heavy atom. The number of imidazole rings is 1. The van der Waals surface area contributed by atoms with E-state index < -0.39 is 0 Å². The maximum atomic E-state index is 12.3. The lowest BCUT2D eigenvalue weighted by molar-refractivity contribution is -0.137. The molecule has 0 aliphatic carbocycles. The molecule has 1 aliphatic heterocycles. The number of likely N-dealkylation sites (tertiary alicyclic amines) is 1. The number of piperidine rings is 1. The minimum absolute atomic E-state index is 0.108. The summed E-state index contributed by atoms with van der Waals surface area (Å²) in [5.74, 6) is 0.907. The highest BCUT2D eigenvalue weighted by atomic mass is 16.2. The van der Waals surface area contributed by atoms with Crippen LogP contribution in [0.5, 0.6) is 0 Å². The second-order valence-corrected chi connectivity index (χ2v) is 6.26. The van der Waals surface area contributed by atoms with Crippen LogP contribution in [0.15, 0.2) is 18.6 Å². The summed E-state index contributed by atoms with van der Waals surface area (Å²) in [4.78, 5) is 30.6. The zero-order valence-electron chi connectivity index (χ0n) is 14.1. The lowest BCUT2D eigenvalue weighted by atomic mass is 9.88. The molecule has 8 heteroatoms. The number of carbonyl (C=O) groups excluding carboxylic acids is 2. The third-order valence-electron chi connectivity index (χ3n) is 4.71. The van der Waals surface area contributed by atoms with E-state index in [0.717, 1.165) is 17.9 Å². The van der Waals surface area contributed by atoms with E-state index in [9.17, 15) is 9.59 Å². The summed E-state index contributed by atoms with van der Waals surface area (Å²) in [6.45, 7) is 2.30. The van der Waals surface area contributed by atoms with Crippen molar-refractivity contribution < 1.29 is 9.59 Å². The Hall–Kier alpha value is -2.64. The van der Waals surface area contributed by atoms with Crippen molar-refractivity contribution in [1.82, 2.24) is 30.0 Å². The van der Waals surface area contributed by atoms with E-state index in [2.05, 4.69) is 20.5 Å². The zero-order chi connectivity index (χ0) is 17.3. The maximum Gasteiger partial charge on any atom is 0.254 e. The fourth-order valence-electron chi connectivity index (χ4n) is 3.27. The van der Waals surface area contributed by atoms with Gasteiger partial charge in [-0.15, -0.1) is 0 Å². The quantitative estimate of drug-likeness (QED) is 0.866. The molecule has 3 rings (SSSR count). The highest BCUT2D eigenvalue weighted by Crippen LogP contribution is 2.34. The number of aromatic nitrogens is 4. The van der Waals surface area contributed by atoms with Gasteiger partial charge >= 0.3 is 0 Å². The van der Waals surface area contributed by atoms with Gasteiger partial charge in [-0.25, -0.2) is 4.98 Å². The van der Waals surface area contributed by atoms with Crippen molar-refractivity contribution >= 4 is 11.8 Å². The van der Waals surface area contributed by atoms with E-state index in [1.54, 1.807) is 18.1 Å². The SMILES string of the molecule is Cc1[nH]ncc1C(=O)NC[C@H]1CCC(=O)N(C)[C@@H]1c1nccn1C. The number of nitrogens with zero attached hydrogens (tertiary/aromatic N) is 4. The molecule has 2 atom stereocenters.